The summed E-state index contributed by atoms with van der Waals surface area (Å²) >= 11 is 0. The van der Waals surface area contributed by atoms with Crippen LogP contribution in [0.4, 0.5) is 0 Å². The molecule has 5 heteroatoms. The van der Waals surface area contributed by atoms with E-state index >= 15 is 0 Å². The number of pyridine rings is 1. The number of nitrogens with zero attached hydrogens (tertiary/aromatic N) is 3. The van der Waals surface area contributed by atoms with Crippen LogP contribution in [-0.4, -0.2) is 26.0 Å². The average molecular weight is 271 g/mol. The van der Waals surface area contributed by atoms with Gasteiger partial charge in [0.1, 0.15) is 0 Å². The van der Waals surface area contributed by atoms with E-state index in [-0.39, 0.29) is 6.42 Å². The SMILES string of the molecule is CCc1nc(-c2ccncc2)nc(CC)c1CC(=O)O. The van der Waals surface area contributed by atoms with Crippen LogP contribution in [0.15, 0.2) is 24.5 Å². The molecule has 104 valence electrons. The molecule has 0 saturated carbocycles. The first-order valence-electron chi connectivity index (χ1n) is 6.66. The summed E-state index contributed by atoms with van der Waals surface area (Å²) in [6, 6.07) is 3.70. The van der Waals surface area contributed by atoms with Crippen LogP contribution in [0.2, 0.25) is 0 Å². The van der Waals surface area contributed by atoms with Crippen molar-refractivity contribution in [3.63, 3.8) is 0 Å². The monoisotopic (exact) mass is 271 g/mol. The molecule has 0 bridgehead atoms. The lowest BCUT2D eigenvalue weighted by Crippen LogP contribution is -2.11. The lowest BCUT2D eigenvalue weighted by atomic mass is 10.0. The summed E-state index contributed by atoms with van der Waals surface area (Å²) in [6.07, 6.45) is 4.75. The first-order valence-corrected chi connectivity index (χ1v) is 6.66. The Balaban J connectivity index is 2.55. The van der Waals surface area contributed by atoms with Crippen molar-refractivity contribution < 1.29 is 9.90 Å². The van der Waals surface area contributed by atoms with E-state index < -0.39 is 5.97 Å². The summed E-state index contributed by atoms with van der Waals surface area (Å²) in [4.78, 5) is 24.0. The van der Waals surface area contributed by atoms with E-state index in [1.807, 2.05) is 26.0 Å². The fourth-order valence-electron chi connectivity index (χ4n) is 2.15. The molecule has 0 saturated heterocycles. The molecular weight excluding hydrogens is 254 g/mol. The highest BCUT2D eigenvalue weighted by atomic mass is 16.4. The van der Waals surface area contributed by atoms with Crippen molar-refractivity contribution in [3.8, 4) is 11.4 Å². The highest BCUT2D eigenvalue weighted by Crippen LogP contribution is 2.20. The van der Waals surface area contributed by atoms with Gasteiger partial charge in [0.05, 0.1) is 6.42 Å². The van der Waals surface area contributed by atoms with Crippen molar-refractivity contribution in [1.82, 2.24) is 15.0 Å². The van der Waals surface area contributed by atoms with Crippen LogP contribution in [0.25, 0.3) is 11.4 Å². The Morgan fingerprint density at radius 2 is 1.65 bits per heavy atom. The summed E-state index contributed by atoms with van der Waals surface area (Å²) in [6.45, 7) is 3.95. The van der Waals surface area contributed by atoms with Gasteiger partial charge >= 0.3 is 5.97 Å². The molecule has 2 rings (SSSR count). The number of rotatable bonds is 5. The molecule has 2 heterocycles. The van der Waals surface area contributed by atoms with Crippen molar-refractivity contribution in [2.45, 2.75) is 33.1 Å². The molecule has 0 atom stereocenters. The van der Waals surface area contributed by atoms with Crippen molar-refractivity contribution >= 4 is 5.97 Å². The zero-order valence-electron chi connectivity index (χ0n) is 11.6. The van der Waals surface area contributed by atoms with Crippen LogP contribution < -0.4 is 0 Å². The number of aliphatic carboxylic acids is 1. The summed E-state index contributed by atoms with van der Waals surface area (Å²) < 4.78 is 0. The molecule has 2 aromatic heterocycles. The molecule has 0 aliphatic carbocycles. The van der Waals surface area contributed by atoms with Crippen molar-refractivity contribution in [2.24, 2.45) is 0 Å². The minimum absolute atomic E-state index is 0.0248. The highest BCUT2D eigenvalue weighted by molar-refractivity contribution is 5.71. The second kappa shape index (κ2) is 6.23. The van der Waals surface area contributed by atoms with E-state index in [0.717, 1.165) is 22.5 Å². The molecule has 0 aliphatic rings. The fourth-order valence-corrected chi connectivity index (χ4v) is 2.15. The zero-order valence-corrected chi connectivity index (χ0v) is 11.6. The van der Waals surface area contributed by atoms with Gasteiger partial charge in [0.25, 0.3) is 0 Å². The Bertz CT molecular complexity index is 587. The molecule has 0 aliphatic heterocycles. The largest absolute Gasteiger partial charge is 0.481 e. The maximum absolute atomic E-state index is 11.0. The van der Waals surface area contributed by atoms with Crippen molar-refractivity contribution in [1.29, 1.82) is 0 Å². The Labute approximate surface area is 117 Å². The van der Waals surface area contributed by atoms with Crippen LogP contribution in [0.1, 0.15) is 30.8 Å². The molecule has 20 heavy (non-hydrogen) atoms. The normalized spacial score (nSPS) is 10.5. The van der Waals surface area contributed by atoms with Crippen LogP contribution in [0, 0.1) is 0 Å². The Hall–Kier alpha value is -2.30. The first-order chi connectivity index (χ1) is 9.65. The van der Waals surface area contributed by atoms with E-state index in [1.165, 1.54) is 0 Å². The molecule has 2 aromatic rings. The van der Waals surface area contributed by atoms with Gasteiger partial charge in [-0.05, 0) is 25.0 Å². The maximum Gasteiger partial charge on any atom is 0.307 e. The van der Waals surface area contributed by atoms with Gasteiger partial charge in [-0.15, -0.1) is 0 Å². The zero-order chi connectivity index (χ0) is 14.5. The molecule has 0 aromatic carbocycles. The van der Waals surface area contributed by atoms with Crippen molar-refractivity contribution in [3.05, 3.63) is 41.5 Å². The van der Waals surface area contributed by atoms with Gasteiger partial charge in [0, 0.05) is 34.9 Å². The third kappa shape index (κ3) is 2.99. The van der Waals surface area contributed by atoms with E-state index in [4.69, 9.17) is 5.11 Å². The van der Waals surface area contributed by atoms with Gasteiger partial charge in [0.2, 0.25) is 0 Å². The summed E-state index contributed by atoms with van der Waals surface area (Å²) in [5.74, 6) is -0.218. The molecule has 0 radical (unpaired) electrons. The topological polar surface area (TPSA) is 76.0 Å². The van der Waals surface area contributed by atoms with E-state index in [9.17, 15) is 4.79 Å². The Morgan fingerprint density at radius 1 is 1.10 bits per heavy atom. The lowest BCUT2D eigenvalue weighted by molar-refractivity contribution is -0.136. The third-order valence-electron chi connectivity index (χ3n) is 3.11. The summed E-state index contributed by atoms with van der Waals surface area (Å²) in [7, 11) is 0. The molecule has 0 amide bonds. The number of carboxylic acid groups (broad SMARTS) is 1. The number of hydrogen-bond donors (Lipinski definition) is 1. The summed E-state index contributed by atoms with van der Waals surface area (Å²) in [5, 5.41) is 9.03. The van der Waals surface area contributed by atoms with Crippen LogP contribution in [0.3, 0.4) is 0 Å². The Morgan fingerprint density at radius 3 is 2.10 bits per heavy atom. The van der Waals surface area contributed by atoms with Gasteiger partial charge in [-0.25, -0.2) is 9.97 Å². The van der Waals surface area contributed by atoms with E-state index in [0.29, 0.717) is 18.7 Å². The minimum Gasteiger partial charge on any atom is -0.481 e. The summed E-state index contributed by atoms with van der Waals surface area (Å²) in [5.41, 5.74) is 3.27. The van der Waals surface area contributed by atoms with Gasteiger partial charge in [-0.1, -0.05) is 13.8 Å². The quantitative estimate of drug-likeness (QED) is 0.903. The lowest BCUT2D eigenvalue weighted by Gasteiger charge is -2.12. The van der Waals surface area contributed by atoms with E-state index in [2.05, 4.69) is 15.0 Å². The molecule has 0 unspecified atom stereocenters. The molecule has 0 fully saturated rings. The number of aromatic nitrogens is 3. The van der Waals surface area contributed by atoms with Crippen molar-refractivity contribution in [2.75, 3.05) is 0 Å². The molecule has 1 N–H and O–H groups in total. The minimum atomic E-state index is -0.852. The first kappa shape index (κ1) is 14.1. The van der Waals surface area contributed by atoms with Gasteiger partial charge in [0.15, 0.2) is 5.82 Å². The van der Waals surface area contributed by atoms with E-state index in [1.54, 1.807) is 12.4 Å². The number of aryl methyl sites for hydroxylation is 2. The van der Waals surface area contributed by atoms with Gasteiger partial charge in [-0.3, -0.25) is 9.78 Å². The predicted octanol–water partition coefficient (Wildman–Crippen LogP) is 2.29. The molecular formula is C15H17N3O2. The molecule has 0 spiro atoms. The standard InChI is InChI=1S/C15H17N3O2/c1-3-12-11(9-14(19)20)13(4-2)18-15(17-12)10-5-7-16-8-6-10/h5-8H,3-4,9H2,1-2H3,(H,19,20). The third-order valence-corrected chi connectivity index (χ3v) is 3.11. The van der Waals surface area contributed by atoms with Gasteiger partial charge < -0.3 is 5.11 Å². The maximum atomic E-state index is 11.0. The predicted molar refractivity (Wildman–Crippen MR) is 75.4 cm³/mol. The fraction of sp³-hybridized carbons (Fsp3) is 0.333. The number of hydrogen-bond acceptors (Lipinski definition) is 4. The van der Waals surface area contributed by atoms with Crippen LogP contribution >= 0.6 is 0 Å². The van der Waals surface area contributed by atoms with Gasteiger partial charge in [-0.2, -0.15) is 0 Å². The molecule has 5 nitrogen and oxygen atoms in total. The van der Waals surface area contributed by atoms with Crippen LogP contribution in [-0.2, 0) is 24.1 Å². The second-order valence-corrected chi connectivity index (χ2v) is 4.43. The number of carbonyl (C=O) groups is 1. The van der Waals surface area contributed by atoms with Crippen LogP contribution in [0.5, 0.6) is 0 Å². The highest BCUT2D eigenvalue weighted by Gasteiger charge is 2.15. The second-order valence-electron chi connectivity index (χ2n) is 4.43. The number of carboxylic acids is 1. The average Bonchev–Trinajstić information content (AvgIpc) is 2.47. The Kier molecular flexibility index (Phi) is 4.40. The smallest absolute Gasteiger partial charge is 0.307 e.